The number of nitrogens with zero attached hydrogens (tertiary/aromatic N) is 2. The fourth-order valence-corrected chi connectivity index (χ4v) is 0.635. The lowest BCUT2D eigenvalue weighted by atomic mass is 10.3. The highest BCUT2D eigenvalue weighted by molar-refractivity contribution is 5.12. The lowest BCUT2D eigenvalue weighted by molar-refractivity contribution is 0.147. The van der Waals surface area contributed by atoms with Crippen LogP contribution < -0.4 is 0 Å². The summed E-state index contributed by atoms with van der Waals surface area (Å²) in [6.45, 7) is 1.64. The quantitative estimate of drug-likeness (QED) is 0.520. The van der Waals surface area contributed by atoms with Crippen molar-refractivity contribution < 1.29 is 10.3 Å². The van der Waals surface area contributed by atoms with Crippen molar-refractivity contribution in [1.29, 1.82) is 0 Å². The lowest BCUT2D eigenvalue weighted by Crippen LogP contribution is -1.88. The van der Waals surface area contributed by atoms with Crippen molar-refractivity contribution in [1.82, 2.24) is 9.94 Å². The van der Waals surface area contributed by atoms with E-state index >= 15 is 0 Å². The van der Waals surface area contributed by atoms with Crippen LogP contribution in [0.15, 0.2) is 6.20 Å². The van der Waals surface area contributed by atoms with E-state index in [0.717, 1.165) is 0 Å². The van der Waals surface area contributed by atoms with Crippen LogP contribution in [-0.2, 0) is 6.61 Å². The van der Waals surface area contributed by atoms with E-state index in [1.54, 1.807) is 6.92 Å². The summed E-state index contributed by atoms with van der Waals surface area (Å²) in [5, 5.41) is 20.8. The highest BCUT2D eigenvalue weighted by Gasteiger charge is 2.00. The number of aryl methyl sites for hydroxylation is 1. The van der Waals surface area contributed by atoms with Crippen LogP contribution in [0, 0.1) is 6.92 Å². The molecule has 1 rings (SSSR count). The SMILES string of the molecule is Cc1nn(O)cc1CO. The smallest absolute Gasteiger partial charge is 0.0722 e. The van der Waals surface area contributed by atoms with Gasteiger partial charge >= 0.3 is 0 Å². The van der Waals surface area contributed by atoms with E-state index in [4.69, 9.17) is 10.3 Å². The van der Waals surface area contributed by atoms with Crippen LogP contribution in [-0.4, -0.2) is 20.3 Å². The van der Waals surface area contributed by atoms with E-state index in [1.807, 2.05) is 0 Å². The van der Waals surface area contributed by atoms with E-state index < -0.39 is 0 Å². The molecule has 9 heavy (non-hydrogen) atoms. The fraction of sp³-hybridized carbons (Fsp3) is 0.400. The Morgan fingerprint density at radius 2 is 2.44 bits per heavy atom. The molecule has 0 aromatic carbocycles. The molecule has 0 aliphatic carbocycles. The van der Waals surface area contributed by atoms with Crippen molar-refractivity contribution in [3.63, 3.8) is 0 Å². The molecule has 4 heteroatoms. The normalized spacial score (nSPS) is 10.0. The molecular weight excluding hydrogens is 120 g/mol. The maximum atomic E-state index is 8.66. The lowest BCUT2D eigenvalue weighted by Gasteiger charge is -1.84. The molecule has 1 heterocycles. The fourth-order valence-electron chi connectivity index (χ4n) is 0.635. The first-order valence-electron chi connectivity index (χ1n) is 2.59. The van der Waals surface area contributed by atoms with Gasteiger partial charge in [0.1, 0.15) is 0 Å². The average Bonchev–Trinajstić information content (AvgIpc) is 2.10. The van der Waals surface area contributed by atoms with Gasteiger partial charge in [-0.05, 0) is 6.92 Å². The monoisotopic (exact) mass is 128 g/mol. The molecule has 0 saturated heterocycles. The maximum absolute atomic E-state index is 8.66. The number of aliphatic hydroxyl groups is 1. The highest BCUT2D eigenvalue weighted by atomic mass is 16.5. The number of hydrogen-bond acceptors (Lipinski definition) is 3. The molecule has 0 fully saturated rings. The van der Waals surface area contributed by atoms with E-state index in [-0.39, 0.29) is 6.61 Å². The Morgan fingerprint density at radius 3 is 2.67 bits per heavy atom. The summed E-state index contributed by atoms with van der Waals surface area (Å²) in [5.41, 5.74) is 1.30. The molecule has 1 aromatic heterocycles. The van der Waals surface area contributed by atoms with Crippen LogP contribution in [0.4, 0.5) is 0 Å². The molecule has 4 nitrogen and oxygen atoms in total. The summed E-state index contributed by atoms with van der Waals surface area (Å²) in [6.07, 6.45) is 1.37. The predicted octanol–water partition coefficient (Wildman–Crippen LogP) is -0.0789. The third kappa shape index (κ3) is 1.02. The molecule has 0 amide bonds. The second-order valence-corrected chi connectivity index (χ2v) is 1.82. The zero-order valence-corrected chi connectivity index (χ0v) is 5.07. The van der Waals surface area contributed by atoms with Gasteiger partial charge in [-0.3, -0.25) is 0 Å². The first-order chi connectivity index (χ1) is 4.24. The van der Waals surface area contributed by atoms with Crippen molar-refractivity contribution in [2.75, 3.05) is 0 Å². The van der Waals surface area contributed by atoms with Gasteiger partial charge in [0, 0.05) is 5.56 Å². The van der Waals surface area contributed by atoms with E-state index in [1.165, 1.54) is 6.20 Å². The summed E-state index contributed by atoms with van der Waals surface area (Å²) >= 11 is 0. The zero-order chi connectivity index (χ0) is 6.85. The third-order valence-electron chi connectivity index (χ3n) is 1.16. The molecule has 0 saturated carbocycles. The van der Waals surface area contributed by atoms with Crippen molar-refractivity contribution >= 4 is 0 Å². The van der Waals surface area contributed by atoms with Gasteiger partial charge in [0.05, 0.1) is 18.5 Å². The second-order valence-electron chi connectivity index (χ2n) is 1.82. The number of hydrogen-bond donors (Lipinski definition) is 2. The van der Waals surface area contributed by atoms with Crippen LogP contribution in [0.1, 0.15) is 11.3 Å². The Bertz CT molecular complexity index is 207. The van der Waals surface area contributed by atoms with Crippen molar-refractivity contribution in [2.45, 2.75) is 13.5 Å². The summed E-state index contributed by atoms with van der Waals surface area (Å²) in [6, 6.07) is 0. The summed E-state index contributed by atoms with van der Waals surface area (Å²) in [7, 11) is 0. The molecule has 0 bridgehead atoms. The van der Waals surface area contributed by atoms with Crippen molar-refractivity contribution in [3.8, 4) is 0 Å². The van der Waals surface area contributed by atoms with Gasteiger partial charge in [-0.15, -0.1) is 9.94 Å². The average molecular weight is 128 g/mol. The Morgan fingerprint density at radius 1 is 1.78 bits per heavy atom. The van der Waals surface area contributed by atoms with Crippen molar-refractivity contribution in [3.05, 3.63) is 17.5 Å². The summed E-state index contributed by atoms with van der Waals surface area (Å²) < 4.78 is 0. The van der Waals surface area contributed by atoms with E-state index in [9.17, 15) is 0 Å². The Balaban J connectivity index is 3.01. The van der Waals surface area contributed by atoms with Crippen LogP contribution in [0.25, 0.3) is 0 Å². The Hall–Kier alpha value is -1.03. The van der Waals surface area contributed by atoms with Gasteiger partial charge in [0.25, 0.3) is 0 Å². The van der Waals surface area contributed by atoms with Gasteiger partial charge in [-0.1, -0.05) is 0 Å². The second kappa shape index (κ2) is 2.06. The van der Waals surface area contributed by atoms with Gasteiger partial charge in [0.2, 0.25) is 0 Å². The van der Waals surface area contributed by atoms with Gasteiger partial charge in [0.15, 0.2) is 0 Å². The van der Waals surface area contributed by atoms with E-state index in [0.29, 0.717) is 16.1 Å². The number of aromatic nitrogens is 2. The van der Waals surface area contributed by atoms with Crippen LogP contribution in [0.2, 0.25) is 0 Å². The Labute approximate surface area is 52.3 Å². The molecule has 0 aliphatic rings. The minimum Gasteiger partial charge on any atom is -0.412 e. The Kier molecular flexibility index (Phi) is 1.40. The molecule has 2 N–H and O–H groups in total. The first kappa shape index (κ1) is 6.10. The first-order valence-corrected chi connectivity index (χ1v) is 2.59. The highest BCUT2D eigenvalue weighted by Crippen LogP contribution is 2.02. The molecule has 1 aromatic rings. The molecule has 0 aliphatic heterocycles. The summed E-state index contributed by atoms with van der Waals surface area (Å²) in [4.78, 5) is 0.695. The minimum atomic E-state index is -0.0770. The maximum Gasteiger partial charge on any atom is 0.0722 e. The summed E-state index contributed by atoms with van der Waals surface area (Å²) in [5.74, 6) is 0. The number of aliphatic hydroxyl groups excluding tert-OH is 1. The van der Waals surface area contributed by atoms with Crippen LogP contribution in [0.3, 0.4) is 0 Å². The van der Waals surface area contributed by atoms with E-state index in [2.05, 4.69) is 5.10 Å². The van der Waals surface area contributed by atoms with Gasteiger partial charge in [-0.25, -0.2) is 0 Å². The van der Waals surface area contributed by atoms with Crippen LogP contribution in [0.5, 0.6) is 0 Å². The molecule has 0 atom stereocenters. The van der Waals surface area contributed by atoms with Gasteiger partial charge < -0.3 is 10.3 Å². The van der Waals surface area contributed by atoms with Crippen LogP contribution >= 0.6 is 0 Å². The molecular formula is C5H8N2O2. The minimum absolute atomic E-state index is 0.0770. The topological polar surface area (TPSA) is 58.3 Å². The third-order valence-corrected chi connectivity index (χ3v) is 1.16. The molecule has 0 unspecified atom stereocenters. The number of rotatable bonds is 1. The molecule has 0 spiro atoms. The van der Waals surface area contributed by atoms with Crippen molar-refractivity contribution in [2.24, 2.45) is 0 Å². The largest absolute Gasteiger partial charge is 0.412 e. The predicted molar refractivity (Wildman–Crippen MR) is 30.1 cm³/mol. The zero-order valence-electron chi connectivity index (χ0n) is 5.07. The molecule has 0 radical (unpaired) electrons. The molecule has 50 valence electrons. The standard InChI is InChI=1S/C5H8N2O2/c1-4-5(3-8)2-7(9)6-4/h2,8-9H,3H2,1H3. The van der Waals surface area contributed by atoms with Gasteiger partial charge in [-0.2, -0.15) is 0 Å².